The standard InChI is InChI=1S/C30H35Cl2N3O5S/c1-6-40-25-15-13-24(14-16-25)35(41(38,39)26-17-11-23(31)12-18-26)20-28(36)34(19-22-9-7-8-10-27(22)32)21(2)29(37)33-30(3,4)5/h7-18,21H,6,19-20H2,1-5H3,(H,33,37)/t21-/m1/s1. The molecule has 0 aliphatic rings. The summed E-state index contributed by atoms with van der Waals surface area (Å²) in [5.74, 6) is -0.418. The highest BCUT2D eigenvalue weighted by Gasteiger charge is 2.33. The summed E-state index contributed by atoms with van der Waals surface area (Å²) in [6.07, 6.45) is 0. The largest absolute Gasteiger partial charge is 0.494 e. The van der Waals surface area contributed by atoms with Crippen molar-refractivity contribution >= 4 is 50.7 Å². The lowest BCUT2D eigenvalue weighted by atomic mass is 10.1. The van der Waals surface area contributed by atoms with Gasteiger partial charge in [-0.25, -0.2) is 8.42 Å². The van der Waals surface area contributed by atoms with Crippen LogP contribution in [0.1, 0.15) is 40.2 Å². The Labute approximate surface area is 252 Å². The summed E-state index contributed by atoms with van der Waals surface area (Å²) >= 11 is 12.4. The fraction of sp³-hybridized carbons (Fsp3) is 0.333. The van der Waals surface area contributed by atoms with E-state index in [1.165, 1.54) is 29.2 Å². The molecule has 2 amide bonds. The maximum atomic E-state index is 14.0. The second-order valence-corrected chi connectivity index (χ2v) is 13.1. The van der Waals surface area contributed by atoms with Gasteiger partial charge in [0.1, 0.15) is 18.3 Å². The van der Waals surface area contributed by atoms with E-state index < -0.39 is 34.1 Å². The number of hydrogen-bond donors (Lipinski definition) is 1. The van der Waals surface area contributed by atoms with Crippen molar-refractivity contribution in [2.24, 2.45) is 0 Å². The van der Waals surface area contributed by atoms with Crippen molar-refractivity contribution < 1.29 is 22.7 Å². The molecular weight excluding hydrogens is 585 g/mol. The van der Waals surface area contributed by atoms with Gasteiger partial charge >= 0.3 is 0 Å². The zero-order chi connectivity index (χ0) is 30.4. The second kappa shape index (κ2) is 13.6. The van der Waals surface area contributed by atoms with E-state index in [1.54, 1.807) is 55.5 Å². The van der Waals surface area contributed by atoms with Gasteiger partial charge in [-0.3, -0.25) is 13.9 Å². The molecule has 11 heteroatoms. The Hall–Kier alpha value is -3.27. The minimum Gasteiger partial charge on any atom is -0.494 e. The lowest BCUT2D eigenvalue weighted by Crippen LogP contribution is -2.54. The minimum atomic E-state index is -4.22. The first-order chi connectivity index (χ1) is 19.2. The molecule has 0 bridgehead atoms. The number of carbonyl (C=O) groups is 2. The zero-order valence-corrected chi connectivity index (χ0v) is 26.1. The Balaban J connectivity index is 2.05. The van der Waals surface area contributed by atoms with Crippen molar-refractivity contribution in [3.8, 4) is 5.75 Å². The highest BCUT2D eigenvalue weighted by atomic mass is 35.5. The average molecular weight is 621 g/mol. The maximum absolute atomic E-state index is 14.0. The molecule has 0 aliphatic carbocycles. The summed E-state index contributed by atoms with van der Waals surface area (Å²) in [6, 6.07) is 18.2. The van der Waals surface area contributed by atoms with Gasteiger partial charge in [-0.1, -0.05) is 41.4 Å². The number of rotatable bonds is 11. The predicted octanol–water partition coefficient (Wildman–Crippen LogP) is 5.92. The Morgan fingerprint density at radius 2 is 1.56 bits per heavy atom. The maximum Gasteiger partial charge on any atom is 0.264 e. The van der Waals surface area contributed by atoms with Crippen LogP contribution in [0.5, 0.6) is 5.75 Å². The monoisotopic (exact) mass is 619 g/mol. The normalized spacial score (nSPS) is 12.4. The number of ether oxygens (including phenoxy) is 1. The Bertz CT molecular complexity index is 1460. The number of nitrogens with one attached hydrogen (secondary N) is 1. The molecule has 3 aromatic rings. The molecule has 0 fully saturated rings. The first-order valence-electron chi connectivity index (χ1n) is 13.1. The van der Waals surface area contributed by atoms with E-state index in [4.69, 9.17) is 27.9 Å². The van der Waals surface area contributed by atoms with Gasteiger partial charge in [0.15, 0.2) is 0 Å². The van der Waals surface area contributed by atoms with Crippen LogP contribution < -0.4 is 14.4 Å². The van der Waals surface area contributed by atoms with Gasteiger partial charge in [0.05, 0.1) is 17.2 Å². The molecule has 41 heavy (non-hydrogen) atoms. The van der Waals surface area contributed by atoms with Crippen LogP contribution >= 0.6 is 23.2 Å². The number of hydrogen-bond acceptors (Lipinski definition) is 5. The third-order valence-corrected chi connectivity index (χ3v) is 8.49. The van der Waals surface area contributed by atoms with Crippen LogP contribution in [0.15, 0.2) is 77.7 Å². The summed E-state index contributed by atoms with van der Waals surface area (Å²) in [6.45, 7) is 8.82. The van der Waals surface area contributed by atoms with E-state index in [1.807, 2.05) is 27.7 Å². The van der Waals surface area contributed by atoms with Crippen molar-refractivity contribution in [2.75, 3.05) is 17.5 Å². The van der Waals surface area contributed by atoms with Gasteiger partial charge < -0.3 is 15.0 Å². The van der Waals surface area contributed by atoms with E-state index in [9.17, 15) is 18.0 Å². The quantitative estimate of drug-likeness (QED) is 0.287. The van der Waals surface area contributed by atoms with Crippen LogP contribution in [0.2, 0.25) is 10.0 Å². The van der Waals surface area contributed by atoms with E-state index in [0.717, 1.165) is 4.31 Å². The van der Waals surface area contributed by atoms with Crippen LogP contribution in [0, 0.1) is 0 Å². The lowest BCUT2D eigenvalue weighted by Gasteiger charge is -2.33. The third kappa shape index (κ3) is 8.61. The molecule has 0 heterocycles. The Kier molecular flexibility index (Phi) is 10.7. The molecule has 0 unspecified atom stereocenters. The van der Waals surface area contributed by atoms with Gasteiger partial charge in [0.25, 0.3) is 10.0 Å². The summed E-state index contributed by atoms with van der Waals surface area (Å²) in [5.41, 5.74) is 0.323. The Morgan fingerprint density at radius 1 is 0.951 bits per heavy atom. The molecule has 220 valence electrons. The topological polar surface area (TPSA) is 96.0 Å². The molecule has 0 aliphatic heterocycles. The molecule has 8 nitrogen and oxygen atoms in total. The van der Waals surface area contributed by atoms with Crippen LogP contribution in [-0.2, 0) is 26.2 Å². The molecule has 0 spiro atoms. The molecular formula is C30H35Cl2N3O5S. The zero-order valence-electron chi connectivity index (χ0n) is 23.7. The van der Waals surface area contributed by atoms with Crippen LogP contribution in [0.4, 0.5) is 5.69 Å². The highest BCUT2D eigenvalue weighted by Crippen LogP contribution is 2.28. The molecule has 3 rings (SSSR count). The predicted molar refractivity (Wildman–Crippen MR) is 163 cm³/mol. The van der Waals surface area contributed by atoms with Gasteiger partial charge in [-0.05, 0) is 94.8 Å². The number of sulfonamides is 1. The molecule has 0 radical (unpaired) electrons. The molecule has 0 saturated heterocycles. The van der Waals surface area contributed by atoms with Gasteiger partial charge in [0, 0.05) is 22.1 Å². The molecule has 3 aromatic carbocycles. The highest BCUT2D eigenvalue weighted by molar-refractivity contribution is 7.92. The van der Waals surface area contributed by atoms with Gasteiger partial charge in [-0.15, -0.1) is 0 Å². The Morgan fingerprint density at radius 3 is 2.12 bits per heavy atom. The summed E-state index contributed by atoms with van der Waals surface area (Å²) in [7, 11) is -4.22. The smallest absolute Gasteiger partial charge is 0.264 e. The number of nitrogens with zero attached hydrogens (tertiary/aromatic N) is 2. The third-order valence-electron chi connectivity index (χ3n) is 6.08. The van der Waals surface area contributed by atoms with Crippen molar-refractivity contribution in [1.29, 1.82) is 0 Å². The van der Waals surface area contributed by atoms with E-state index in [0.29, 0.717) is 28.0 Å². The van der Waals surface area contributed by atoms with Crippen molar-refractivity contribution in [1.82, 2.24) is 10.2 Å². The van der Waals surface area contributed by atoms with Crippen molar-refractivity contribution in [3.63, 3.8) is 0 Å². The molecule has 0 aromatic heterocycles. The van der Waals surface area contributed by atoms with Crippen molar-refractivity contribution in [2.45, 2.75) is 57.6 Å². The number of benzene rings is 3. The first-order valence-corrected chi connectivity index (χ1v) is 15.3. The van der Waals surface area contributed by atoms with Gasteiger partial charge in [0.2, 0.25) is 11.8 Å². The van der Waals surface area contributed by atoms with Crippen LogP contribution in [0.3, 0.4) is 0 Å². The molecule has 1 atom stereocenters. The molecule has 1 N–H and O–H groups in total. The first kappa shape index (κ1) is 32.2. The number of anilines is 1. The van der Waals surface area contributed by atoms with E-state index in [-0.39, 0.29) is 23.0 Å². The summed E-state index contributed by atoms with van der Waals surface area (Å²) in [5, 5.41) is 3.69. The summed E-state index contributed by atoms with van der Waals surface area (Å²) < 4.78 is 34.3. The fourth-order valence-electron chi connectivity index (χ4n) is 4.00. The van der Waals surface area contributed by atoms with Crippen molar-refractivity contribution in [3.05, 3.63) is 88.4 Å². The fourth-order valence-corrected chi connectivity index (χ4v) is 5.74. The molecule has 0 saturated carbocycles. The average Bonchev–Trinajstić information content (AvgIpc) is 2.90. The number of amides is 2. The number of carbonyl (C=O) groups excluding carboxylic acids is 2. The summed E-state index contributed by atoms with van der Waals surface area (Å²) in [4.78, 5) is 28.5. The lowest BCUT2D eigenvalue weighted by molar-refractivity contribution is -0.140. The van der Waals surface area contributed by atoms with E-state index >= 15 is 0 Å². The minimum absolute atomic E-state index is 0.00462. The van der Waals surface area contributed by atoms with E-state index in [2.05, 4.69) is 5.32 Å². The van der Waals surface area contributed by atoms with Gasteiger partial charge in [-0.2, -0.15) is 0 Å². The SMILES string of the molecule is CCOc1ccc(N(CC(=O)N(Cc2ccccc2Cl)[C@H](C)C(=O)NC(C)(C)C)S(=O)(=O)c2ccc(Cl)cc2)cc1. The number of halogens is 2. The van der Waals surface area contributed by atoms with Crippen LogP contribution in [0.25, 0.3) is 0 Å². The second-order valence-electron chi connectivity index (χ2n) is 10.4. The van der Waals surface area contributed by atoms with Crippen LogP contribution in [-0.4, -0.2) is 49.9 Å².